The number of nitriles is 1. The Morgan fingerprint density at radius 1 is 1.21 bits per heavy atom. The van der Waals surface area contributed by atoms with Gasteiger partial charge in [-0.15, -0.1) is 0 Å². The molecule has 1 aliphatic rings. The van der Waals surface area contributed by atoms with E-state index in [9.17, 15) is 14.4 Å². The number of benzene rings is 1. The third kappa shape index (κ3) is 3.39. The molecule has 0 amide bonds. The number of nitrogens with one attached hydrogen (secondary N) is 1. The van der Waals surface area contributed by atoms with Crippen molar-refractivity contribution in [2.45, 2.75) is 32.7 Å². The van der Waals surface area contributed by atoms with Gasteiger partial charge in [0.25, 0.3) is 5.56 Å². The minimum Gasteiger partial charge on any atom is -0.325 e. The van der Waals surface area contributed by atoms with Crippen LogP contribution >= 0.6 is 0 Å². The van der Waals surface area contributed by atoms with Crippen molar-refractivity contribution in [3.05, 3.63) is 57.3 Å². The first-order valence-electron chi connectivity index (χ1n) is 8.23. The Balaban J connectivity index is 2.08. The van der Waals surface area contributed by atoms with Crippen LogP contribution in [0.3, 0.4) is 0 Å². The summed E-state index contributed by atoms with van der Waals surface area (Å²) >= 11 is 0. The van der Waals surface area contributed by atoms with Crippen molar-refractivity contribution in [1.82, 2.24) is 9.88 Å². The van der Waals surface area contributed by atoms with Gasteiger partial charge in [-0.1, -0.05) is 12.5 Å². The number of pyridine rings is 1. The second-order valence-electron chi connectivity index (χ2n) is 6.32. The third-order valence-corrected chi connectivity index (χ3v) is 4.48. The first kappa shape index (κ1) is 16.4. The molecule has 0 bridgehead atoms. The van der Waals surface area contributed by atoms with Crippen LogP contribution < -0.4 is 5.56 Å². The van der Waals surface area contributed by atoms with Gasteiger partial charge in [-0.2, -0.15) is 5.26 Å². The molecule has 4 nitrogen and oxygen atoms in total. The quantitative estimate of drug-likeness (QED) is 0.941. The second kappa shape index (κ2) is 6.98. The van der Waals surface area contributed by atoms with Crippen molar-refractivity contribution in [3.8, 4) is 17.2 Å². The highest BCUT2D eigenvalue weighted by molar-refractivity contribution is 5.73. The van der Waals surface area contributed by atoms with Gasteiger partial charge in [0.15, 0.2) is 0 Å². The molecule has 0 atom stereocenters. The highest BCUT2D eigenvalue weighted by Gasteiger charge is 2.17. The standard InChI is InChI=1S/C19H20FN3O/c1-13-9-17(18(11-21)19(24)22-13)16-6-5-15(20)10-14(16)12-23-7-3-2-4-8-23/h5-6,9-10H,2-4,7-8,12H2,1H3,(H,22,24). The van der Waals surface area contributed by atoms with E-state index in [0.29, 0.717) is 17.8 Å². The Labute approximate surface area is 140 Å². The zero-order valence-corrected chi connectivity index (χ0v) is 13.7. The molecular weight excluding hydrogens is 305 g/mol. The highest BCUT2D eigenvalue weighted by Crippen LogP contribution is 2.28. The molecule has 0 spiro atoms. The number of aromatic nitrogens is 1. The maximum absolute atomic E-state index is 13.8. The number of aromatic amines is 1. The molecule has 1 fully saturated rings. The minimum atomic E-state index is -0.402. The van der Waals surface area contributed by atoms with Crippen molar-refractivity contribution in [2.24, 2.45) is 0 Å². The van der Waals surface area contributed by atoms with Crippen LogP contribution in [-0.2, 0) is 6.54 Å². The Bertz CT molecular complexity index is 845. The summed E-state index contributed by atoms with van der Waals surface area (Å²) in [5.74, 6) is -0.300. The van der Waals surface area contributed by atoms with E-state index in [0.717, 1.165) is 37.1 Å². The lowest BCUT2D eigenvalue weighted by atomic mass is 9.95. The number of likely N-dealkylation sites (tertiary alicyclic amines) is 1. The fourth-order valence-corrected chi connectivity index (χ4v) is 3.33. The summed E-state index contributed by atoms with van der Waals surface area (Å²) in [5, 5.41) is 9.36. The minimum absolute atomic E-state index is 0.0760. The summed E-state index contributed by atoms with van der Waals surface area (Å²) in [5.41, 5.74) is 2.51. The van der Waals surface area contributed by atoms with Crippen LogP contribution in [0.2, 0.25) is 0 Å². The Morgan fingerprint density at radius 2 is 1.96 bits per heavy atom. The number of nitrogens with zero attached hydrogens (tertiary/aromatic N) is 2. The second-order valence-corrected chi connectivity index (χ2v) is 6.32. The van der Waals surface area contributed by atoms with Gasteiger partial charge in [0, 0.05) is 17.8 Å². The average Bonchev–Trinajstić information content (AvgIpc) is 2.55. The van der Waals surface area contributed by atoms with Crippen LogP contribution in [0.25, 0.3) is 11.1 Å². The van der Waals surface area contributed by atoms with Gasteiger partial charge in [-0.3, -0.25) is 9.69 Å². The number of piperidine rings is 1. The number of aryl methyl sites for hydroxylation is 1. The van der Waals surface area contributed by atoms with Gasteiger partial charge in [-0.05, 0) is 62.2 Å². The predicted octanol–water partition coefficient (Wildman–Crippen LogP) is 3.35. The molecule has 124 valence electrons. The van der Waals surface area contributed by atoms with Gasteiger partial charge in [0.1, 0.15) is 17.4 Å². The smallest absolute Gasteiger partial charge is 0.266 e. The summed E-state index contributed by atoms with van der Waals surface area (Å²) < 4.78 is 13.8. The van der Waals surface area contributed by atoms with E-state index in [1.165, 1.54) is 18.6 Å². The molecule has 5 heteroatoms. The molecule has 0 saturated carbocycles. The van der Waals surface area contributed by atoms with E-state index in [2.05, 4.69) is 9.88 Å². The maximum atomic E-state index is 13.8. The van der Waals surface area contributed by atoms with E-state index in [1.54, 1.807) is 19.1 Å². The molecule has 0 radical (unpaired) electrons. The Morgan fingerprint density at radius 3 is 2.67 bits per heavy atom. The zero-order valence-electron chi connectivity index (χ0n) is 13.7. The van der Waals surface area contributed by atoms with Crippen LogP contribution in [0, 0.1) is 24.1 Å². The van der Waals surface area contributed by atoms with Gasteiger partial charge in [0.05, 0.1) is 0 Å². The van der Waals surface area contributed by atoms with Crippen LogP contribution in [0.5, 0.6) is 0 Å². The van der Waals surface area contributed by atoms with Gasteiger partial charge in [0.2, 0.25) is 0 Å². The molecule has 1 saturated heterocycles. The fraction of sp³-hybridized carbons (Fsp3) is 0.368. The lowest BCUT2D eigenvalue weighted by Gasteiger charge is -2.27. The van der Waals surface area contributed by atoms with Crippen LogP contribution in [0.1, 0.15) is 36.1 Å². The molecular formula is C19H20FN3O. The fourth-order valence-electron chi connectivity index (χ4n) is 3.33. The monoisotopic (exact) mass is 325 g/mol. The number of rotatable bonds is 3. The molecule has 2 heterocycles. The normalized spacial score (nSPS) is 15.2. The largest absolute Gasteiger partial charge is 0.325 e. The lowest BCUT2D eigenvalue weighted by molar-refractivity contribution is 0.221. The summed E-state index contributed by atoms with van der Waals surface area (Å²) in [6.45, 7) is 4.40. The summed E-state index contributed by atoms with van der Waals surface area (Å²) in [4.78, 5) is 17.0. The summed E-state index contributed by atoms with van der Waals surface area (Å²) in [6, 6.07) is 8.34. The third-order valence-electron chi connectivity index (χ3n) is 4.48. The average molecular weight is 325 g/mol. The highest BCUT2D eigenvalue weighted by atomic mass is 19.1. The molecule has 1 aliphatic heterocycles. The SMILES string of the molecule is Cc1cc(-c2ccc(F)cc2CN2CCCCC2)c(C#N)c(=O)[nH]1. The van der Waals surface area contributed by atoms with Crippen molar-refractivity contribution < 1.29 is 4.39 Å². The maximum Gasteiger partial charge on any atom is 0.266 e. The Hall–Kier alpha value is -2.45. The predicted molar refractivity (Wildman–Crippen MR) is 91.0 cm³/mol. The van der Waals surface area contributed by atoms with E-state index >= 15 is 0 Å². The number of halogens is 1. The first-order chi connectivity index (χ1) is 11.6. The lowest BCUT2D eigenvalue weighted by Crippen LogP contribution is -2.29. The van der Waals surface area contributed by atoms with Gasteiger partial charge in [-0.25, -0.2) is 4.39 Å². The van der Waals surface area contributed by atoms with Crippen molar-refractivity contribution in [2.75, 3.05) is 13.1 Å². The van der Waals surface area contributed by atoms with Crippen LogP contribution in [0.4, 0.5) is 4.39 Å². The van der Waals surface area contributed by atoms with Crippen molar-refractivity contribution in [3.63, 3.8) is 0 Å². The molecule has 0 unspecified atom stereocenters. The molecule has 0 aliphatic carbocycles. The molecule has 1 aromatic carbocycles. The number of hydrogen-bond donors (Lipinski definition) is 1. The van der Waals surface area contributed by atoms with E-state index in [1.807, 2.05) is 6.07 Å². The molecule has 1 N–H and O–H groups in total. The molecule has 3 rings (SSSR count). The summed E-state index contributed by atoms with van der Waals surface area (Å²) in [7, 11) is 0. The molecule has 1 aromatic heterocycles. The number of hydrogen-bond acceptors (Lipinski definition) is 3. The first-order valence-corrected chi connectivity index (χ1v) is 8.23. The zero-order chi connectivity index (χ0) is 17.1. The van der Waals surface area contributed by atoms with Gasteiger partial charge >= 0.3 is 0 Å². The number of H-pyrrole nitrogens is 1. The van der Waals surface area contributed by atoms with Crippen LogP contribution in [-0.4, -0.2) is 23.0 Å². The van der Waals surface area contributed by atoms with E-state index in [4.69, 9.17) is 0 Å². The van der Waals surface area contributed by atoms with Crippen LogP contribution in [0.15, 0.2) is 29.1 Å². The topological polar surface area (TPSA) is 59.9 Å². The van der Waals surface area contributed by atoms with Crippen molar-refractivity contribution in [1.29, 1.82) is 5.26 Å². The molecule has 2 aromatic rings. The van der Waals surface area contributed by atoms with Crippen molar-refractivity contribution >= 4 is 0 Å². The molecule has 24 heavy (non-hydrogen) atoms. The Kier molecular flexibility index (Phi) is 4.77. The summed E-state index contributed by atoms with van der Waals surface area (Å²) in [6.07, 6.45) is 3.54. The van der Waals surface area contributed by atoms with E-state index < -0.39 is 5.56 Å². The van der Waals surface area contributed by atoms with Gasteiger partial charge < -0.3 is 4.98 Å². The van der Waals surface area contributed by atoms with E-state index in [-0.39, 0.29) is 11.4 Å².